The second-order valence-corrected chi connectivity index (χ2v) is 8.11. The zero-order valence-electron chi connectivity index (χ0n) is 11.6. The van der Waals surface area contributed by atoms with Crippen LogP contribution in [0.4, 0.5) is 0 Å². The molecule has 1 saturated heterocycles. The largest absolute Gasteiger partial charge is 0.317 e. The standard InChI is InChI=1S/C13H26N2O2S/c1-11-5-3-4-6-13(11)15(2)18(16,17)12-7-9-14-10-8-12/h11-14H,3-10H2,1-2H3. The number of hydrogen-bond donors (Lipinski definition) is 1. The summed E-state index contributed by atoms with van der Waals surface area (Å²) < 4.78 is 27.0. The summed E-state index contributed by atoms with van der Waals surface area (Å²) >= 11 is 0. The third-order valence-electron chi connectivity index (χ3n) is 4.64. The maximum atomic E-state index is 12.6. The second-order valence-electron chi connectivity index (χ2n) is 5.84. The van der Waals surface area contributed by atoms with Gasteiger partial charge in [0.05, 0.1) is 5.25 Å². The number of nitrogens with one attached hydrogen (secondary N) is 1. The molecule has 18 heavy (non-hydrogen) atoms. The van der Waals surface area contributed by atoms with E-state index >= 15 is 0 Å². The predicted octanol–water partition coefficient (Wildman–Crippen LogP) is 1.58. The van der Waals surface area contributed by atoms with E-state index in [1.165, 1.54) is 12.8 Å². The molecule has 1 saturated carbocycles. The van der Waals surface area contributed by atoms with Gasteiger partial charge >= 0.3 is 0 Å². The van der Waals surface area contributed by atoms with Gasteiger partial charge in [-0.15, -0.1) is 0 Å². The highest BCUT2D eigenvalue weighted by Gasteiger charge is 2.37. The van der Waals surface area contributed by atoms with Crippen LogP contribution >= 0.6 is 0 Å². The molecule has 0 aromatic carbocycles. The average Bonchev–Trinajstić information content (AvgIpc) is 2.39. The van der Waals surface area contributed by atoms with Crippen molar-refractivity contribution in [3.05, 3.63) is 0 Å². The number of piperidine rings is 1. The Balaban J connectivity index is 2.07. The molecule has 2 unspecified atom stereocenters. The first kappa shape index (κ1) is 14.3. The van der Waals surface area contributed by atoms with Crippen LogP contribution in [0.15, 0.2) is 0 Å². The van der Waals surface area contributed by atoms with Crippen LogP contribution in [0, 0.1) is 5.92 Å². The predicted molar refractivity (Wildman–Crippen MR) is 74.0 cm³/mol. The van der Waals surface area contributed by atoms with Gasteiger partial charge in [-0.3, -0.25) is 0 Å². The Bertz CT molecular complexity index is 363. The minimum atomic E-state index is -3.10. The molecule has 0 spiro atoms. The Kier molecular flexibility index (Phi) is 4.67. The molecule has 5 heteroatoms. The van der Waals surface area contributed by atoms with Crippen LogP contribution in [-0.2, 0) is 10.0 Å². The van der Waals surface area contributed by atoms with E-state index in [0.717, 1.165) is 38.8 Å². The zero-order chi connectivity index (χ0) is 13.2. The molecule has 2 atom stereocenters. The zero-order valence-corrected chi connectivity index (χ0v) is 12.4. The van der Waals surface area contributed by atoms with Crippen LogP contribution < -0.4 is 5.32 Å². The van der Waals surface area contributed by atoms with E-state index in [1.807, 2.05) is 0 Å². The van der Waals surface area contributed by atoms with Crippen LogP contribution in [0.2, 0.25) is 0 Å². The van der Waals surface area contributed by atoms with Crippen molar-refractivity contribution in [2.45, 2.75) is 56.7 Å². The minimum Gasteiger partial charge on any atom is -0.317 e. The quantitative estimate of drug-likeness (QED) is 0.850. The normalized spacial score (nSPS) is 31.7. The Morgan fingerprint density at radius 2 is 1.67 bits per heavy atom. The molecule has 2 aliphatic rings. The van der Waals surface area contributed by atoms with Crippen molar-refractivity contribution >= 4 is 10.0 Å². The Morgan fingerprint density at radius 3 is 2.28 bits per heavy atom. The average molecular weight is 274 g/mol. The molecule has 1 heterocycles. The molecule has 1 aliphatic heterocycles. The monoisotopic (exact) mass is 274 g/mol. The highest BCUT2D eigenvalue weighted by Crippen LogP contribution is 2.30. The minimum absolute atomic E-state index is 0.169. The molecule has 2 rings (SSSR count). The van der Waals surface area contributed by atoms with E-state index in [9.17, 15) is 8.42 Å². The summed E-state index contributed by atoms with van der Waals surface area (Å²) in [5.74, 6) is 0.500. The van der Waals surface area contributed by atoms with Crippen molar-refractivity contribution in [3.8, 4) is 0 Å². The molecule has 1 N–H and O–H groups in total. The van der Waals surface area contributed by atoms with Gasteiger partial charge in [-0.2, -0.15) is 0 Å². The van der Waals surface area contributed by atoms with Gasteiger partial charge in [-0.1, -0.05) is 19.8 Å². The number of nitrogens with zero attached hydrogens (tertiary/aromatic N) is 1. The van der Waals surface area contributed by atoms with Gasteiger partial charge in [0.25, 0.3) is 0 Å². The third kappa shape index (κ3) is 2.89. The molecule has 1 aliphatic carbocycles. The van der Waals surface area contributed by atoms with E-state index < -0.39 is 10.0 Å². The highest BCUT2D eigenvalue weighted by atomic mass is 32.2. The summed E-state index contributed by atoms with van der Waals surface area (Å²) in [6.07, 6.45) is 6.13. The lowest BCUT2D eigenvalue weighted by Gasteiger charge is -2.38. The molecule has 0 radical (unpaired) electrons. The lowest BCUT2D eigenvalue weighted by Crippen LogP contribution is -2.48. The number of sulfonamides is 1. The Morgan fingerprint density at radius 1 is 1.06 bits per heavy atom. The maximum absolute atomic E-state index is 12.6. The summed E-state index contributed by atoms with van der Waals surface area (Å²) in [6, 6.07) is 0.221. The van der Waals surface area contributed by atoms with Gasteiger partial charge in [0.2, 0.25) is 10.0 Å². The fourth-order valence-corrected chi connectivity index (χ4v) is 5.35. The first-order valence-electron chi connectivity index (χ1n) is 7.21. The molecule has 106 valence electrons. The van der Waals surface area contributed by atoms with Crippen molar-refractivity contribution < 1.29 is 8.42 Å². The molecule has 0 amide bonds. The molecule has 0 aromatic heterocycles. The fraction of sp³-hybridized carbons (Fsp3) is 1.00. The summed E-state index contributed by atoms with van der Waals surface area (Å²) in [4.78, 5) is 0. The fourth-order valence-electron chi connectivity index (χ4n) is 3.35. The summed E-state index contributed by atoms with van der Waals surface area (Å²) in [5.41, 5.74) is 0. The van der Waals surface area contributed by atoms with Gasteiger partial charge in [-0.05, 0) is 44.7 Å². The van der Waals surface area contributed by atoms with Crippen LogP contribution in [-0.4, -0.2) is 44.2 Å². The van der Waals surface area contributed by atoms with E-state index in [2.05, 4.69) is 12.2 Å². The van der Waals surface area contributed by atoms with Crippen LogP contribution in [0.5, 0.6) is 0 Å². The molecule has 0 bridgehead atoms. The van der Waals surface area contributed by atoms with E-state index in [1.54, 1.807) is 11.4 Å². The number of rotatable bonds is 3. The first-order valence-corrected chi connectivity index (χ1v) is 8.71. The van der Waals surface area contributed by atoms with Gasteiger partial charge in [-0.25, -0.2) is 12.7 Å². The highest BCUT2D eigenvalue weighted by molar-refractivity contribution is 7.89. The summed E-state index contributed by atoms with van der Waals surface area (Å²) in [6.45, 7) is 3.86. The summed E-state index contributed by atoms with van der Waals surface area (Å²) in [7, 11) is -1.31. The molecular weight excluding hydrogens is 248 g/mol. The van der Waals surface area contributed by atoms with Gasteiger partial charge in [0.1, 0.15) is 0 Å². The Hall–Kier alpha value is -0.130. The van der Waals surface area contributed by atoms with Gasteiger partial charge in [0, 0.05) is 13.1 Å². The van der Waals surface area contributed by atoms with Crippen molar-refractivity contribution in [2.24, 2.45) is 5.92 Å². The lowest BCUT2D eigenvalue weighted by atomic mass is 9.86. The summed E-state index contributed by atoms with van der Waals surface area (Å²) in [5, 5.41) is 3.06. The molecular formula is C13H26N2O2S. The maximum Gasteiger partial charge on any atom is 0.217 e. The smallest absolute Gasteiger partial charge is 0.217 e. The SMILES string of the molecule is CC1CCCCC1N(C)S(=O)(=O)C1CCNCC1. The van der Waals surface area contributed by atoms with Gasteiger partial charge < -0.3 is 5.32 Å². The molecule has 2 fully saturated rings. The van der Waals surface area contributed by atoms with Crippen LogP contribution in [0.3, 0.4) is 0 Å². The van der Waals surface area contributed by atoms with Crippen LogP contribution in [0.25, 0.3) is 0 Å². The van der Waals surface area contributed by atoms with Gasteiger partial charge in [0.15, 0.2) is 0 Å². The Labute approximate surface area is 111 Å². The van der Waals surface area contributed by atoms with Crippen molar-refractivity contribution in [2.75, 3.05) is 20.1 Å². The third-order valence-corrected chi connectivity index (χ3v) is 7.03. The lowest BCUT2D eigenvalue weighted by molar-refractivity contribution is 0.211. The molecule has 4 nitrogen and oxygen atoms in total. The molecule has 0 aromatic rings. The van der Waals surface area contributed by atoms with E-state index in [0.29, 0.717) is 5.92 Å². The first-order chi connectivity index (χ1) is 8.53. The van der Waals surface area contributed by atoms with Crippen molar-refractivity contribution in [1.82, 2.24) is 9.62 Å². The van der Waals surface area contributed by atoms with E-state index in [-0.39, 0.29) is 11.3 Å². The number of hydrogen-bond acceptors (Lipinski definition) is 3. The van der Waals surface area contributed by atoms with Crippen LogP contribution in [0.1, 0.15) is 45.4 Å². The van der Waals surface area contributed by atoms with Crippen molar-refractivity contribution in [1.29, 1.82) is 0 Å². The topological polar surface area (TPSA) is 49.4 Å². The van der Waals surface area contributed by atoms with Crippen molar-refractivity contribution in [3.63, 3.8) is 0 Å². The van der Waals surface area contributed by atoms with E-state index in [4.69, 9.17) is 0 Å². The second kappa shape index (κ2) is 5.88.